The second-order valence-corrected chi connectivity index (χ2v) is 5.52. The zero-order chi connectivity index (χ0) is 18.2. The maximum atomic E-state index is 13.7. The molecule has 132 valence electrons. The van der Waals surface area contributed by atoms with Crippen LogP contribution in [0.4, 0.5) is 4.39 Å². The SMILES string of the molecule is CCCOc1ccc([C@@H](CC(=O)O)NC(=O)c2ccccc2F)cc1. The minimum absolute atomic E-state index is 0.124. The molecule has 0 unspecified atom stereocenters. The molecule has 5 nitrogen and oxygen atoms in total. The van der Waals surface area contributed by atoms with Crippen LogP contribution in [-0.4, -0.2) is 23.6 Å². The van der Waals surface area contributed by atoms with Crippen LogP contribution in [0.25, 0.3) is 0 Å². The first-order valence-corrected chi connectivity index (χ1v) is 8.01. The smallest absolute Gasteiger partial charge is 0.305 e. The topological polar surface area (TPSA) is 75.6 Å². The predicted octanol–water partition coefficient (Wildman–Crippen LogP) is 3.56. The van der Waals surface area contributed by atoms with Crippen molar-refractivity contribution in [1.82, 2.24) is 5.32 Å². The van der Waals surface area contributed by atoms with Gasteiger partial charge in [0.15, 0.2) is 0 Å². The summed E-state index contributed by atoms with van der Waals surface area (Å²) in [6, 6.07) is 11.6. The Morgan fingerprint density at radius 1 is 1.16 bits per heavy atom. The van der Waals surface area contributed by atoms with E-state index in [1.165, 1.54) is 18.2 Å². The highest BCUT2D eigenvalue weighted by Crippen LogP contribution is 2.21. The van der Waals surface area contributed by atoms with Crippen molar-refractivity contribution in [3.63, 3.8) is 0 Å². The summed E-state index contributed by atoms with van der Waals surface area (Å²) in [5.41, 5.74) is 0.483. The van der Waals surface area contributed by atoms with Gasteiger partial charge in [-0.2, -0.15) is 0 Å². The van der Waals surface area contributed by atoms with E-state index in [2.05, 4.69) is 5.32 Å². The number of carboxylic acid groups (broad SMARTS) is 1. The van der Waals surface area contributed by atoms with Crippen molar-refractivity contribution in [2.45, 2.75) is 25.8 Å². The molecule has 2 rings (SSSR count). The van der Waals surface area contributed by atoms with E-state index in [9.17, 15) is 14.0 Å². The lowest BCUT2D eigenvalue weighted by Gasteiger charge is -2.18. The van der Waals surface area contributed by atoms with Gasteiger partial charge in [-0.3, -0.25) is 9.59 Å². The monoisotopic (exact) mass is 345 g/mol. The predicted molar refractivity (Wildman–Crippen MR) is 91.1 cm³/mol. The molecule has 1 amide bonds. The van der Waals surface area contributed by atoms with E-state index in [0.29, 0.717) is 17.9 Å². The second-order valence-electron chi connectivity index (χ2n) is 5.52. The fourth-order valence-corrected chi connectivity index (χ4v) is 2.32. The van der Waals surface area contributed by atoms with Crippen molar-refractivity contribution in [2.75, 3.05) is 6.61 Å². The lowest BCUT2D eigenvalue weighted by molar-refractivity contribution is -0.137. The van der Waals surface area contributed by atoms with Crippen molar-refractivity contribution < 1.29 is 23.8 Å². The van der Waals surface area contributed by atoms with Crippen LogP contribution >= 0.6 is 0 Å². The Morgan fingerprint density at radius 2 is 1.84 bits per heavy atom. The first kappa shape index (κ1) is 18.4. The maximum absolute atomic E-state index is 13.7. The molecular weight excluding hydrogens is 325 g/mol. The summed E-state index contributed by atoms with van der Waals surface area (Å²) in [6.07, 6.45) is 0.567. The molecule has 1 atom stereocenters. The molecule has 0 aliphatic rings. The second kappa shape index (κ2) is 8.82. The number of aliphatic carboxylic acids is 1. The highest BCUT2D eigenvalue weighted by molar-refractivity contribution is 5.94. The molecule has 2 N–H and O–H groups in total. The van der Waals surface area contributed by atoms with Crippen LogP contribution in [0.5, 0.6) is 5.75 Å². The van der Waals surface area contributed by atoms with E-state index < -0.39 is 23.7 Å². The molecule has 0 bridgehead atoms. The Balaban J connectivity index is 2.17. The molecule has 2 aromatic rings. The van der Waals surface area contributed by atoms with Crippen molar-refractivity contribution in [3.05, 3.63) is 65.5 Å². The molecule has 0 aliphatic heterocycles. The number of benzene rings is 2. The molecule has 0 heterocycles. The largest absolute Gasteiger partial charge is 0.494 e. The molecule has 6 heteroatoms. The average Bonchev–Trinajstić information content (AvgIpc) is 2.59. The number of hydrogen-bond acceptors (Lipinski definition) is 3. The number of ether oxygens (including phenoxy) is 1. The highest BCUT2D eigenvalue weighted by Gasteiger charge is 2.20. The molecule has 25 heavy (non-hydrogen) atoms. The Morgan fingerprint density at radius 3 is 2.44 bits per heavy atom. The zero-order valence-electron chi connectivity index (χ0n) is 13.9. The molecule has 0 saturated carbocycles. The number of halogens is 1. The molecule has 2 aromatic carbocycles. The standard InChI is InChI=1S/C19H20FNO4/c1-2-11-25-14-9-7-13(8-10-14)17(12-18(22)23)21-19(24)15-5-3-4-6-16(15)20/h3-10,17H,2,11-12H2,1H3,(H,21,24)(H,22,23)/t17-/m1/s1. The lowest BCUT2D eigenvalue weighted by atomic mass is 10.0. The van der Waals surface area contributed by atoms with Crippen molar-refractivity contribution in [2.24, 2.45) is 0 Å². The highest BCUT2D eigenvalue weighted by atomic mass is 19.1. The van der Waals surface area contributed by atoms with Crippen molar-refractivity contribution >= 4 is 11.9 Å². The van der Waals surface area contributed by atoms with Gasteiger partial charge in [-0.1, -0.05) is 31.2 Å². The van der Waals surface area contributed by atoms with E-state index in [1.807, 2.05) is 6.92 Å². The summed E-state index contributed by atoms with van der Waals surface area (Å²) in [6.45, 7) is 2.58. The van der Waals surface area contributed by atoms with Gasteiger partial charge in [0.1, 0.15) is 11.6 Å². The quantitative estimate of drug-likeness (QED) is 0.767. The molecule has 0 aromatic heterocycles. The fraction of sp³-hybridized carbons (Fsp3) is 0.263. The third-order valence-corrected chi connectivity index (χ3v) is 3.56. The summed E-state index contributed by atoms with van der Waals surface area (Å²) in [4.78, 5) is 23.4. The van der Waals surface area contributed by atoms with Crippen LogP contribution in [0, 0.1) is 5.82 Å². The summed E-state index contributed by atoms with van der Waals surface area (Å²) >= 11 is 0. The molecule has 0 spiro atoms. The summed E-state index contributed by atoms with van der Waals surface area (Å²) < 4.78 is 19.2. The van der Waals surface area contributed by atoms with Crippen molar-refractivity contribution in [1.29, 1.82) is 0 Å². The first-order valence-electron chi connectivity index (χ1n) is 8.01. The number of carbonyl (C=O) groups is 2. The average molecular weight is 345 g/mol. The number of nitrogens with one attached hydrogen (secondary N) is 1. The third kappa shape index (κ3) is 5.31. The van der Waals surface area contributed by atoms with Gasteiger partial charge in [0.05, 0.1) is 24.6 Å². The number of amides is 1. The molecule has 0 radical (unpaired) electrons. The van der Waals surface area contributed by atoms with Gasteiger partial charge < -0.3 is 15.2 Å². The van der Waals surface area contributed by atoms with Gasteiger partial charge in [0.25, 0.3) is 5.91 Å². The number of carboxylic acids is 1. The minimum atomic E-state index is -1.06. The Hall–Kier alpha value is -2.89. The van der Waals surface area contributed by atoms with E-state index in [1.54, 1.807) is 30.3 Å². The van der Waals surface area contributed by atoms with Crippen LogP contribution in [0.1, 0.15) is 41.7 Å². The number of hydrogen-bond donors (Lipinski definition) is 2. The van der Waals surface area contributed by atoms with E-state index in [0.717, 1.165) is 6.42 Å². The first-order chi connectivity index (χ1) is 12.0. The van der Waals surface area contributed by atoms with Crippen LogP contribution in [0.3, 0.4) is 0 Å². The Bertz CT molecular complexity index is 730. The van der Waals surface area contributed by atoms with E-state index >= 15 is 0 Å². The maximum Gasteiger partial charge on any atom is 0.305 e. The van der Waals surface area contributed by atoms with Gasteiger partial charge in [0, 0.05) is 0 Å². The van der Waals surface area contributed by atoms with Gasteiger partial charge in [-0.05, 0) is 36.2 Å². The van der Waals surface area contributed by atoms with Gasteiger partial charge in [-0.15, -0.1) is 0 Å². The number of carbonyl (C=O) groups excluding carboxylic acids is 1. The summed E-state index contributed by atoms with van der Waals surface area (Å²) in [7, 11) is 0. The van der Waals surface area contributed by atoms with Gasteiger partial charge in [-0.25, -0.2) is 4.39 Å². The fourth-order valence-electron chi connectivity index (χ4n) is 2.32. The Labute approximate surface area is 145 Å². The Kier molecular flexibility index (Phi) is 6.51. The van der Waals surface area contributed by atoms with Crippen LogP contribution in [0.2, 0.25) is 0 Å². The summed E-state index contributed by atoms with van der Waals surface area (Å²) in [5, 5.41) is 11.7. The zero-order valence-corrected chi connectivity index (χ0v) is 13.9. The third-order valence-electron chi connectivity index (χ3n) is 3.56. The molecule has 0 saturated heterocycles. The normalized spacial score (nSPS) is 11.6. The minimum Gasteiger partial charge on any atom is -0.494 e. The summed E-state index contributed by atoms with van der Waals surface area (Å²) in [5.74, 6) is -1.71. The van der Waals surface area contributed by atoms with E-state index in [4.69, 9.17) is 9.84 Å². The molecular formula is C19H20FNO4. The van der Waals surface area contributed by atoms with Crippen LogP contribution < -0.4 is 10.1 Å². The lowest BCUT2D eigenvalue weighted by Crippen LogP contribution is -2.30. The van der Waals surface area contributed by atoms with Crippen LogP contribution in [-0.2, 0) is 4.79 Å². The number of rotatable bonds is 8. The van der Waals surface area contributed by atoms with Gasteiger partial charge >= 0.3 is 5.97 Å². The molecule has 0 aliphatic carbocycles. The van der Waals surface area contributed by atoms with Crippen molar-refractivity contribution in [3.8, 4) is 5.75 Å². The van der Waals surface area contributed by atoms with E-state index in [-0.39, 0.29) is 12.0 Å². The van der Waals surface area contributed by atoms with Gasteiger partial charge in [0.2, 0.25) is 0 Å². The van der Waals surface area contributed by atoms with Crippen LogP contribution in [0.15, 0.2) is 48.5 Å². The molecule has 0 fully saturated rings.